The van der Waals surface area contributed by atoms with Crippen LogP contribution in [0, 0.1) is 0 Å². The van der Waals surface area contributed by atoms with Crippen LogP contribution in [0.3, 0.4) is 0 Å². The average Bonchev–Trinajstić information content (AvgIpc) is 2.41. The van der Waals surface area contributed by atoms with Crippen molar-refractivity contribution in [1.82, 2.24) is 5.43 Å². The van der Waals surface area contributed by atoms with E-state index >= 15 is 0 Å². The summed E-state index contributed by atoms with van der Waals surface area (Å²) < 4.78 is 10.2. The van der Waals surface area contributed by atoms with E-state index in [1.165, 1.54) is 0 Å². The smallest absolute Gasteiger partial charge is 0.427 e. The molecule has 0 bridgehead atoms. The molecule has 1 aromatic carbocycles. The standard InChI is InChI=1S/C14H20N2O3/c1-3-5-10-19-13-8-6-12(7-9-13)11-15-16-14(17)18-4-2/h6-9,11H,3-5,10H2,1-2H3,(H,16,17). The van der Waals surface area contributed by atoms with Crippen LogP contribution in [-0.4, -0.2) is 25.5 Å². The molecular formula is C14H20N2O3. The Bertz CT molecular complexity index is 402. The van der Waals surface area contributed by atoms with E-state index < -0.39 is 6.09 Å². The number of rotatable bonds is 7. The number of hydrogen-bond donors (Lipinski definition) is 1. The van der Waals surface area contributed by atoms with Crippen LogP contribution in [0.4, 0.5) is 4.79 Å². The zero-order valence-electron chi connectivity index (χ0n) is 11.4. The molecule has 1 rings (SSSR count). The van der Waals surface area contributed by atoms with Crippen LogP contribution in [0.25, 0.3) is 0 Å². The number of hydrogen-bond acceptors (Lipinski definition) is 4. The highest BCUT2D eigenvalue weighted by Crippen LogP contribution is 2.11. The summed E-state index contributed by atoms with van der Waals surface area (Å²) in [6.45, 7) is 4.92. The van der Waals surface area contributed by atoms with Crippen LogP contribution >= 0.6 is 0 Å². The van der Waals surface area contributed by atoms with E-state index in [0.717, 1.165) is 30.8 Å². The van der Waals surface area contributed by atoms with Gasteiger partial charge in [-0.3, -0.25) is 0 Å². The number of benzene rings is 1. The molecule has 5 heteroatoms. The largest absolute Gasteiger partial charge is 0.494 e. The fraction of sp³-hybridized carbons (Fsp3) is 0.429. The van der Waals surface area contributed by atoms with Crippen LogP contribution in [0.2, 0.25) is 0 Å². The monoisotopic (exact) mass is 264 g/mol. The molecule has 0 saturated carbocycles. The summed E-state index contributed by atoms with van der Waals surface area (Å²) in [4.78, 5) is 11.0. The predicted octanol–water partition coefficient (Wildman–Crippen LogP) is 2.95. The third kappa shape index (κ3) is 6.45. The lowest BCUT2D eigenvalue weighted by molar-refractivity contribution is 0.152. The summed E-state index contributed by atoms with van der Waals surface area (Å²) in [7, 11) is 0. The first-order valence-electron chi connectivity index (χ1n) is 6.45. The van der Waals surface area contributed by atoms with Gasteiger partial charge in [-0.05, 0) is 43.2 Å². The van der Waals surface area contributed by atoms with Gasteiger partial charge >= 0.3 is 6.09 Å². The number of amides is 1. The van der Waals surface area contributed by atoms with Gasteiger partial charge < -0.3 is 9.47 Å². The maximum atomic E-state index is 11.0. The molecule has 104 valence electrons. The van der Waals surface area contributed by atoms with E-state index in [1.54, 1.807) is 13.1 Å². The van der Waals surface area contributed by atoms with E-state index in [0.29, 0.717) is 6.61 Å². The molecule has 0 aliphatic carbocycles. The lowest BCUT2D eigenvalue weighted by Gasteiger charge is -2.04. The van der Waals surface area contributed by atoms with Gasteiger partial charge in [0, 0.05) is 0 Å². The van der Waals surface area contributed by atoms with Crippen molar-refractivity contribution in [3.63, 3.8) is 0 Å². The second kappa shape index (κ2) is 8.97. The van der Waals surface area contributed by atoms with Gasteiger partial charge in [-0.2, -0.15) is 5.10 Å². The van der Waals surface area contributed by atoms with E-state index in [4.69, 9.17) is 4.74 Å². The molecule has 1 amide bonds. The van der Waals surface area contributed by atoms with E-state index in [2.05, 4.69) is 22.2 Å². The second-order valence-electron chi connectivity index (χ2n) is 3.86. The van der Waals surface area contributed by atoms with E-state index in [9.17, 15) is 4.79 Å². The molecule has 0 aromatic heterocycles. The molecule has 1 N–H and O–H groups in total. The number of ether oxygens (including phenoxy) is 2. The van der Waals surface area contributed by atoms with Gasteiger partial charge in [-0.15, -0.1) is 0 Å². The minimum Gasteiger partial charge on any atom is -0.494 e. The quantitative estimate of drug-likeness (QED) is 0.468. The molecule has 0 atom stereocenters. The number of unbranched alkanes of at least 4 members (excludes halogenated alkanes) is 1. The molecule has 5 nitrogen and oxygen atoms in total. The maximum Gasteiger partial charge on any atom is 0.427 e. The zero-order valence-corrected chi connectivity index (χ0v) is 11.4. The van der Waals surface area contributed by atoms with Gasteiger partial charge in [0.05, 0.1) is 19.4 Å². The zero-order chi connectivity index (χ0) is 13.9. The Morgan fingerprint density at radius 2 is 2.05 bits per heavy atom. The lowest BCUT2D eigenvalue weighted by Crippen LogP contribution is -2.18. The van der Waals surface area contributed by atoms with Crippen molar-refractivity contribution >= 4 is 12.3 Å². The molecule has 0 spiro atoms. The van der Waals surface area contributed by atoms with Gasteiger partial charge in [-0.1, -0.05) is 13.3 Å². The van der Waals surface area contributed by atoms with Crippen molar-refractivity contribution in [1.29, 1.82) is 0 Å². The van der Waals surface area contributed by atoms with Crippen molar-refractivity contribution in [2.45, 2.75) is 26.7 Å². The van der Waals surface area contributed by atoms with Crippen molar-refractivity contribution in [2.75, 3.05) is 13.2 Å². The highest BCUT2D eigenvalue weighted by molar-refractivity contribution is 5.80. The molecule has 0 aliphatic heterocycles. The summed E-state index contributed by atoms with van der Waals surface area (Å²) >= 11 is 0. The molecule has 0 radical (unpaired) electrons. The minimum atomic E-state index is -0.557. The Hall–Kier alpha value is -2.04. The van der Waals surface area contributed by atoms with Crippen LogP contribution in [0.15, 0.2) is 29.4 Å². The molecule has 0 fully saturated rings. The van der Waals surface area contributed by atoms with Gasteiger partial charge in [0.1, 0.15) is 5.75 Å². The van der Waals surface area contributed by atoms with Crippen molar-refractivity contribution in [3.8, 4) is 5.75 Å². The topological polar surface area (TPSA) is 59.9 Å². The first-order valence-corrected chi connectivity index (χ1v) is 6.45. The molecule has 0 unspecified atom stereocenters. The normalized spacial score (nSPS) is 10.4. The van der Waals surface area contributed by atoms with Crippen LogP contribution in [0.5, 0.6) is 5.75 Å². The Balaban J connectivity index is 2.39. The first kappa shape index (κ1) is 15.0. The Morgan fingerprint density at radius 1 is 1.32 bits per heavy atom. The average molecular weight is 264 g/mol. The number of carbonyl (C=O) groups excluding carboxylic acids is 1. The fourth-order valence-electron chi connectivity index (χ4n) is 1.31. The van der Waals surface area contributed by atoms with Gasteiger partial charge in [0.15, 0.2) is 0 Å². The maximum absolute atomic E-state index is 11.0. The number of hydrazone groups is 1. The van der Waals surface area contributed by atoms with Crippen LogP contribution in [-0.2, 0) is 4.74 Å². The predicted molar refractivity (Wildman–Crippen MR) is 74.6 cm³/mol. The summed E-state index contributed by atoms with van der Waals surface area (Å²) in [5.74, 6) is 0.837. The van der Waals surface area contributed by atoms with Gasteiger partial charge in [-0.25, -0.2) is 10.2 Å². The molecule has 1 aromatic rings. The van der Waals surface area contributed by atoms with E-state index in [-0.39, 0.29) is 0 Å². The van der Waals surface area contributed by atoms with Crippen LogP contribution in [0.1, 0.15) is 32.3 Å². The van der Waals surface area contributed by atoms with Gasteiger partial charge in [0.2, 0.25) is 0 Å². The fourth-order valence-corrected chi connectivity index (χ4v) is 1.31. The number of carbonyl (C=O) groups is 1. The molecule has 19 heavy (non-hydrogen) atoms. The lowest BCUT2D eigenvalue weighted by atomic mass is 10.2. The van der Waals surface area contributed by atoms with Crippen molar-refractivity contribution in [2.24, 2.45) is 5.10 Å². The minimum absolute atomic E-state index is 0.325. The Labute approximate surface area is 113 Å². The SMILES string of the molecule is CCCCOc1ccc(C=NNC(=O)OCC)cc1. The first-order chi connectivity index (χ1) is 9.26. The summed E-state index contributed by atoms with van der Waals surface area (Å²) in [6, 6.07) is 7.50. The number of nitrogens with zero attached hydrogens (tertiary/aromatic N) is 1. The second-order valence-corrected chi connectivity index (χ2v) is 3.86. The third-order valence-electron chi connectivity index (χ3n) is 2.29. The van der Waals surface area contributed by atoms with Crippen molar-refractivity contribution in [3.05, 3.63) is 29.8 Å². The van der Waals surface area contributed by atoms with Gasteiger partial charge in [0.25, 0.3) is 0 Å². The highest BCUT2D eigenvalue weighted by Gasteiger charge is 1.96. The Morgan fingerprint density at radius 3 is 2.68 bits per heavy atom. The number of nitrogens with one attached hydrogen (secondary N) is 1. The van der Waals surface area contributed by atoms with Crippen molar-refractivity contribution < 1.29 is 14.3 Å². The summed E-state index contributed by atoms with van der Waals surface area (Å²) in [6.07, 6.45) is 3.15. The Kier molecular flexibility index (Phi) is 7.09. The highest BCUT2D eigenvalue weighted by atomic mass is 16.5. The summed E-state index contributed by atoms with van der Waals surface area (Å²) in [5.41, 5.74) is 3.14. The molecule has 0 heterocycles. The summed E-state index contributed by atoms with van der Waals surface area (Å²) in [5, 5.41) is 3.77. The van der Waals surface area contributed by atoms with E-state index in [1.807, 2.05) is 24.3 Å². The third-order valence-corrected chi connectivity index (χ3v) is 2.29. The molecular weight excluding hydrogens is 244 g/mol. The molecule has 0 aliphatic rings. The van der Waals surface area contributed by atoms with Crippen LogP contribution < -0.4 is 10.2 Å². The molecule has 0 saturated heterocycles.